The minimum absolute atomic E-state index is 0.160. The minimum atomic E-state index is -0.575. The molecule has 0 aliphatic carbocycles. The molecule has 4 heteroatoms. The number of esters is 1. The van der Waals surface area contributed by atoms with Gasteiger partial charge in [-0.2, -0.15) is 0 Å². The molecule has 1 aliphatic heterocycles. The van der Waals surface area contributed by atoms with Crippen molar-refractivity contribution in [1.29, 1.82) is 0 Å². The van der Waals surface area contributed by atoms with E-state index in [1.807, 2.05) is 0 Å². The fraction of sp³-hybridized carbons (Fsp3) is 0.800. The molecular weight excluding hydrogens is 235 g/mol. The smallest absolute Gasteiger partial charge is 0.308 e. The van der Waals surface area contributed by atoms with Gasteiger partial charge in [0, 0.05) is 4.43 Å². The van der Waals surface area contributed by atoms with Crippen LogP contribution in [0.1, 0.15) is 6.42 Å². The Labute approximate surface area is 66.5 Å². The maximum Gasteiger partial charge on any atom is 0.308 e. The van der Waals surface area contributed by atoms with E-state index in [0.29, 0.717) is 4.43 Å². The molecule has 52 valence electrons. The van der Waals surface area contributed by atoms with Gasteiger partial charge in [-0.15, -0.1) is 0 Å². The average molecular weight is 242 g/mol. The fourth-order valence-corrected chi connectivity index (χ4v) is 1.50. The highest BCUT2D eigenvalue weighted by atomic mass is 127. The lowest BCUT2D eigenvalue weighted by Gasteiger charge is -2.06. The van der Waals surface area contributed by atoms with Gasteiger partial charge in [0.25, 0.3) is 0 Å². The summed E-state index contributed by atoms with van der Waals surface area (Å²) in [6, 6.07) is 0. The molecule has 3 nitrogen and oxygen atoms in total. The van der Waals surface area contributed by atoms with Gasteiger partial charge >= 0.3 is 5.97 Å². The van der Waals surface area contributed by atoms with Gasteiger partial charge in [0.2, 0.25) is 0 Å². The predicted octanol–water partition coefficient (Wildman–Crippen LogP) is 0.0978. The number of hydrogen-bond acceptors (Lipinski definition) is 3. The molecule has 1 saturated heterocycles. The molecule has 1 aliphatic rings. The Bertz CT molecular complexity index is 125. The highest BCUT2D eigenvalue weighted by Gasteiger charge is 2.31. The van der Waals surface area contributed by atoms with E-state index < -0.39 is 6.10 Å². The topological polar surface area (TPSA) is 46.5 Å². The molecular formula is C5H7IO3. The molecule has 2 atom stereocenters. The first-order valence-electron chi connectivity index (χ1n) is 2.67. The zero-order valence-electron chi connectivity index (χ0n) is 4.71. The monoisotopic (exact) mass is 242 g/mol. The van der Waals surface area contributed by atoms with Crippen molar-refractivity contribution in [3.05, 3.63) is 0 Å². The van der Waals surface area contributed by atoms with Gasteiger partial charge in [-0.3, -0.25) is 4.79 Å². The number of cyclic esters (lactones) is 1. The number of rotatable bonds is 1. The van der Waals surface area contributed by atoms with Crippen LogP contribution in [0, 0.1) is 0 Å². The van der Waals surface area contributed by atoms with Crippen molar-refractivity contribution in [3.8, 4) is 0 Å². The molecule has 0 radical (unpaired) electrons. The first kappa shape index (κ1) is 7.27. The van der Waals surface area contributed by atoms with E-state index in [-0.39, 0.29) is 18.5 Å². The van der Waals surface area contributed by atoms with E-state index in [4.69, 9.17) is 9.84 Å². The summed E-state index contributed by atoms with van der Waals surface area (Å²) in [6.07, 6.45) is -0.680. The summed E-state index contributed by atoms with van der Waals surface area (Å²) in [4.78, 5) is 10.4. The summed E-state index contributed by atoms with van der Waals surface area (Å²) < 4.78 is 5.40. The first-order valence-corrected chi connectivity index (χ1v) is 4.20. The van der Waals surface area contributed by atoms with E-state index in [1.165, 1.54) is 0 Å². The van der Waals surface area contributed by atoms with Crippen molar-refractivity contribution < 1.29 is 14.6 Å². The Hall–Kier alpha value is 0.160. The lowest BCUT2D eigenvalue weighted by Crippen LogP contribution is -2.21. The summed E-state index contributed by atoms with van der Waals surface area (Å²) in [7, 11) is 0. The third-order valence-corrected chi connectivity index (χ3v) is 2.11. The van der Waals surface area contributed by atoms with Crippen LogP contribution in [0.5, 0.6) is 0 Å². The lowest BCUT2D eigenvalue weighted by atomic mass is 10.2. The molecule has 0 aromatic carbocycles. The average Bonchev–Trinajstić information content (AvgIpc) is 2.10. The van der Waals surface area contributed by atoms with Gasteiger partial charge in [0.1, 0.15) is 12.2 Å². The minimum Gasteiger partial charge on any atom is -0.459 e. The highest BCUT2D eigenvalue weighted by molar-refractivity contribution is 14.1. The number of aliphatic hydroxyl groups excluding tert-OH is 1. The van der Waals surface area contributed by atoms with Gasteiger partial charge in [0.05, 0.1) is 6.42 Å². The molecule has 1 heterocycles. The van der Waals surface area contributed by atoms with Crippen LogP contribution >= 0.6 is 22.6 Å². The fourth-order valence-electron chi connectivity index (χ4n) is 0.732. The Balaban J connectivity index is 2.47. The molecule has 0 amide bonds. The zero-order valence-corrected chi connectivity index (χ0v) is 6.87. The van der Waals surface area contributed by atoms with Crippen molar-refractivity contribution in [2.75, 3.05) is 4.43 Å². The molecule has 2 unspecified atom stereocenters. The quantitative estimate of drug-likeness (QED) is 0.403. The molecule has 0 bridgehead atoms. The van der Waals surface area contributed by atoms with Crippen molar-refractivity contribution in [2.24, 2.45) is 0 Å². The van der Waals surface area contributed by atoms with E-state index in [0.717, 1.165) is 0 Å². The third-order valence-electron chi connectivity index (χ3n) is 1.24. The van der Waals surface area contributed by atoms with Crippen molar-refractivity contribution in [3.63, 3.8) is 0 Å². The normalized spacial score (nSPS) is 34.7. The standard InChI is InChI=1S/C5H7IO3/c6-2-4-3(7)1-5(8)9-4/h3-4,7H,1-2H2. The Morgan fingerprint density at radius 3 is 2.78 bits per heavy atom. The maximum absolute atomic E-state index is 10.4. The number of carbonyl (C=O) groups is 1. The van der Waals surface area contributed by atoms with Crippen LogP contribution in [0.3, 0.4) is 0 Å². The molecule has 1 fully saturated rings. The van der Waals surface area contributed by atoms with E-state index >= 15 is 0 Å². The van der Waals surface area contributed by atoms with Crippen LogP contribution in [0.2, 0.25) is 0 Å². The van der Waals surface area contributed by atoms with Gasteiger partial charge in [0.15, 0.2) is 0 Å². The number of hydrogen-bond donors (Lipinski definition) is 1. The van der Waals surface area contributed by atoms with Crippen LogP contribution in [-0.2, 0) is 9.53 Å². The Kier molecular flexibility index (Phi) is 2.29. The SMILES string of the molecule is O=C1CC(O)C(CI)O1. The van der Waals surface area contributed by atoms with Crippen LogP contribution in [0.25, 0.3) is 0 Å². The second kappa shape index (κ2) is 2.83. The van der Waals surface area contributed by atoms with E-state index in [2.05, 4.69) is 22.6 Å². The number of carbonyl (C=O) groups excluding carboxylic acids is 1. The molecule has 1 N–H and O–H groups in total. The van der Waals surface area contributed by atoms with Gasteiger partial charge in [-0.05, 0) is 0 Å². The molecule has 0 saturated carbocycles. The third kappa shape index (κ3) is 1.54. The van der Waals surface area contributed by atoms with Gasteiger partial charge < -0.3 is 9.84 Å². The predicted molar refractivity (Wildman–Crippen MR) is 39.4 cm³/mol. The van der Waals surface area contributed by atoms with Crippen molar-refractivity contribution in [2.45, 2.75) is 18.6 Å². The molecule has 1 rings (SSSR count). The summed E-state index contributed by atoms with van der Waals surface area (Å²) in [6.45, 7) is 0. The summed E-state index contributed by atoms with van der Waals surface area (Å²) >= 11 is 2.08. The van der Waals surface area contributed by atoms with E-state index in [1.54, 1.807) is 0 Å². The summed E-state index contributed by atoms with van der Waals surface area (Å²) in [5.74, 6) is -0.288. The van der Waals surface area contributed by atoms with E-state index in [9.17, 15) is 4.79 Å². The maximum atomic E-state index is 10.4. The number of alkyl halides is 1. The van der Waals surface area contributed by atoms with Crippen LogP contribution in [0.4, 0.5) is 0 Å². The van der Waals surface area contributed by atoms with Crippen molar-refractivity contribution >= 4 is 28.6 Å². The lowest BCUT2D eigenvalue weighted by molar-refractivity contribution is -0.140. The number of aliphatic hydroxyl groups is 1. The highest BCUT2D eigenvalue weighted by Crippen LogP contribution is 2.16. The van der Waals surface area contributed by atoms with Crippen LogP contribution in [-0.4, -0.2) is 27.7 Å². The summed E-state index contributed by atoms with van der Waals surface area (Å²) in [5.41, 5.74) is 0. The number of halogens is 1. The molecule has 0 aromatic rings. The second-order valence-electron chi connectivity index (χ2n) is 1.95. The molecule has 9 heavy (non-hydrogen) atoms. The molecule has 0 spiro atoms. The molecule has 0 aromatic heterocycles. The van der Waals surface area contributed by atoms with Crippen molar-refractivity contribution in [1.82, 2.24) is 0 Å². The zero-order chi connectivity index (χ0) is 6.85. The second-order valence-corrected chi connectivity index (χ2v) is 2.83. The van der Waals surface area contributed by atoms with Crippen LogP contribution < -0.4 is 0 Å². The van der Waals surface area contributed by atoms with Crippen LogP contribution in [0.15, 0.2) is 0 Å². The first-order chi connectivity index (χ1) is 4.24. The summed E-state index contributed by atoms with van der Waals surface area (Å²) in [5, 5.41) is 9.01. The van der Waals surface area contributed by atoms with Gasteiger partial charge in [-0.1, -0.05) is 22.6 Å². The van der Waals surface area contributed by atoms with Gasteiger partial charge in [-0.25, -0.2) is 0 Å². The Morgan fingerprint density at radius 1 is 1.89 bits per heavy atom. The Morgan fingerprint density at radius 2 is 2.56 bits per heavy atom. The largest absolute Gasteiger partial charge is 0.459 e. The number of ether oxygens (including phenoxy) is 1.